The molecule has 6 heteroatoms. The average molecular weight is 438 g/mol. The van der Waals surface area contributed by atoms with Gasteiger partial charge in [0.05, 0.1) is 0 Å². The Balaban J connectivity index is 1.62. The van der Waals surface area contributed by atoms with Gasteiger partial charge in [-0.05, 0) is 53.8 Å². The fourth-order valence-electron chi connectivity index (χ4n) is 3.38. The third kappa shape index (κ3) is 3.60. The summed E-state index contributed by atoms with van der Waals surface area (Å²) in [6, 6.07) is 15.0. The van der Waals surface area contributed by atoms with E-state index < -0.39 is 0 Å². The number of nitrogens with zero attached hydrogens (tertiary/aromatic N) is 1. The lowest BCUT2D eigenvalue weighted by molar-refractivity contribution is 0.102. The summed E-state index contributed by atoms with van der Waals surface area (Å²) in [7, 11) is 0. The van der Waals surface area contributed by atoms with Gasteiger partial charge in [-0.1, -0.05) is 35.8 Å². The Kier molecular flexibility index (Phi) is 4.81. The van der Waals surface area contributed by atoms with Gasteiger partial charge in [0.1, 0.15) is 5.69 Å². The van der Waals surface area contributed by atoms with Gasteiger partial charge in [-0.15, -0.1) is 0 Å². The smallest absolute Gasteiger partial charge is 0.272 e. The minimum Gasteiger partial charge on any atom is -0.347 e. The van der Waals surface area contributed by atoms with E-state index in [4.69, 9.17) is 0 Å². The number of carbonyl (C=O) groups excluding carboxylic acids is 1. The van der Waals surface area contributed by atoms with Crippen LogP contribution in [0, 0.1) is 5.92 Å². The maximum absolute atomic E-state index is 12.7. The molecule has 0 radical (unpaired) electrons. The van der Waals surface area contributed by atoms with Gasteiger partial charge in [-0.25, -0.2) is 0 Å². The van der Waals surface area contributed by atoms with Crippen LogP contribution < -0.4 is 10.9 Å². The lowest BCUT2D eigenvalue weighted by atomic mass is 10.1. The number of H-pyrrole nitrogens is 1. The van der Waals surface area contributed by atoms with Crippen molar-refractivity contribution in [2.75, 3.05) is 5.32 Å². The second-order valence-corrected chi connectivity index (χ2v) is 8.25. The molecule has 2 aromatic heterocycles. The molecule has 0 aliphatic heterocycles. The molecule has 1 amide bonds. The highest BCUT2D eigenvalue weighted by Crippen LogP contribution is 2.22. The van der Waals surface area contributed by atoms with Gasteiger partial charge < -0.3 is 14.9 Å². The van der Waals surface area contributed by atoms with Gasteiger partial charge in [0.25, 0.3) is 11.5 Å². The Morgan fingerprint density at radius 1 is 1.11 bits per heavy atom. The number of carbonyl (C=O) groups is 1. The molecule has 0 aliphatic rings. The molecule has 4 rings (SSSR count). The average Bonchev–Trinajstić information content (AvgIpc) is 3.03. The second kappa shape index (κ2) is 7.28. The van der Waals surface area contributed by atoms with Gasteiger partial charge in [0, 0.05) is 39.2 Å². The number of hydrogen-bond donors (Lipinski definition) is 2. The van der Waals surface area contributed by atoms with E-state index in [-0.39, 0.29) is 17.2 Å². The van der Waals surface area contributed by atoms with E-state index in [9.17, 15) is 9.59 Å². The van der Waals surface area contributed by atoms with E-state index in [1.807, 2.05) is 36.4 Å². The monoisotopic (exact) mass is 437 g/mol. The van der Waals surface area contributed by atoms with Crippen molar-refractivity contribution in [1.82, 2.24) is 9.55 Å². The zero-order chi connectivity index (χ0) is 19.8. The molecule has 0 unspecified atom stereocenters. The number of halogens is 1. The largest absolute Gasteiger partial charge is 0.347 e. The Hall–Kier alpha value is -2.86. The van der Waals surface area contributed by atoms with Crippen molar-refractivity contribution in [2.45, 2.75) is 20.4 Å². The highest BCUT2D eigenvalue weighted by atomic mass is 79.9. The van der Waals surface area contributed by atoms with E-state index in [1.54, 1.807) is 12.1 Å². The van der Waals surface area contributed by atoms with Crippen molar-refractivity contribution in [3.05, 3.63) is 75.2 Å². The molecule has 0 spiro atoms. The van der Waals surface area contributed by atoms with Crippen molar-refractivity contribution >= 4 is 49.2 Å². The normalized spacial score (nSPS) is 11.4. The summed E-state index contributed by atoms with van der Waals surface area (Å²) in [6.07, 6.45) is 2.06. The molecule has 142 valence electrons. The number of pyridine rings is 1. The minimum atomic E-state index is -0.345. The summed E-state index contributed by atoms with van der Waals surface area (Å²) in [4.78, 5) is 27.7. The zero-order valence-electron chi connectivity index (χ0n) is 15.6. The predicted molar refractivity (Wildman–Crippen MR) is 117 cm³/mol. The standard InChI is InChI=1S/C22H20BrN3O2/c1-13(2)12-26-8-7-15-9-17(5-6-20(15)26)24-22(28)19-10-14-3-4-16(23)11-18(14)21(27)25-19/h3-11,13H,12H2,1-2H3,(H,24,28)(H,25,27). The summed E-state index contributed by atoms with van der Waals surface area (Å²) < 4.78 is 3.03. The Morgan fingerprint density at radius 3 is 2.71 bits per heavy atom. The highest BCUT2D eigenvalue weighted by Gasteiger charge is 2.11. The van der Waals surface area contributed by atoms with E-state index in [1.165, 1.54) is 0 Å². The first kappa shape index (κ1) is 18.5. The molecule has 0 atom stereocenters. The van der Waals surface area contributed by atoms with Gasteiger partial charge in [0.15, 0.2) is 0 Å². The molecule has 5 nitrogen and oxygen atoms in total. The molecule has 0 bridgehead atoms. The van der Waals surface area contributed by atoms with Crippen LogP contribution in [0.15, 0.2) is 64.0 Å². The quantitative estimate of drug-likeness (QED) is 0.463. The summed E-state index contributed by atoms with van der Waals surface area (Å²) in [5.74, 6) is 0.211. The summed E-state index contributed by atoms with van der Waals surface area (Å²) in [5, 5.41) is 5.20. The predicted octanol–water partition coefficient (Wildman–Crippen LogP) is 5.15. The van der Waals surface area contributed by atoms with Crippen molar-refractivity contribution < 1.29 is 4.79 Å². The number of aromatic amines is 1. The van der Waals surface area contributed by atoms with Crippen LogP contribution in [0.2, 0.25) is 0 Å². The van der Waals surface area contributed by atoms with Crippen LogP contribution in [0.25, 0.3) is 21.7 Å². The number of benzene rings is 2. The maximum Gasteiger partial charge on any atom is 0.272 e. The summed E-state index contributed by atoms with van der Waals surface area (Å²) >= 11 is 3.36. The molecule has 2 N–H and O–H groups in total. The van der Waals surface area contributed by atoms with Crippen LogP contribution in [0.3, 0.4) is 0 Å². The van der Waals surface area contributed by atoms with Gasteiger partial charge >= 0.3 is 0 Å². The first-order valence-corrected chi connectivity index (χ1v) is 9.93. The molecule has 0 saturated heterocycles. The van der Waals surface area contributed by atoms with Gasteiger partial charge in [0.2, 0.25) is 0 Å². The third-order valence-electron chi connectivity index (χ3n) is 4.64. The molecule has 28 heavy (non-hydrogen) atoms. The number of amides is 1. The van der Waals surface area contributed by atoms with E-state index in [0.29, 0.717) is 17.0 Å². The van der Waals surface area contributed by atoms with Crippen LogP contribution in [0.5, 0.6) is 0 Å². The van der Waals surface area contributed by atoms with Crippen molar-refractivity contribution in [3.8, 4) is 0 Å². The van der Waals surface area contributed by atoms with E-state index in [2.05, 4.69) is 50.8 Å². The van der Waals surface area contributed by atoms with Gasteiger partial charge in [-0.2, -0.15) is 0 Å². The Labute approximate surface area is 170 Å². The lowest BCUT2D eigenvalue weighted by Gasteiger charge is -2.10. The molecular weight excluding hydrogens is 418 g/mol. The topological polar surface area (TPSA) is 66.9 Å². The van der Waals surface area contributed by atoms with Crippen molar-refractivity contribution in [2.24, 2.45) is 5.92 Å². The number of rotatable bonds is 4. The van der Waals surface area contributed by atoms with Crippen LogP contribution in [-0.4, -0.2) is 15.5 Å². The fraction of sp³-hybridized carbons (Fsp3) is 0.182. The van der Waals surface area contributed by atoms with E-state index in [0.717, 1.165) is 27.3 Å². The Morgan fingerprint density at radius 2 is 1.93 bits per heavy atom. The number of nitrogens with one attached hydrogen (secondary N) is 2. The number of hydrogen-bond acceptors (Lipinski definition) is 2. The minimum absolute atomic E-state index is 0.234. The van der Waals surface area contributed by atoms with Crippen molar-refractivity contribution in [3.63, 3.8) is 0 Å². The van der Waals surface area contributed by atoms with Crippen LogP contribution in [-0.2, 0) is 6.54 Å². The van der Waals surface area contributed by atoms with Crippen molar-refractivity contribution in [1.29, 1.82) is 0 Å². The lowest BCUT2D eigenvalue weighted by Crippen LogP contribution is -2.18. The van der Waals surface area contributed by atoms with Gasteiger partial charge in [-0.3, -0.25) is 9.59 Å². The van der Waals surface area contributed by atoms with Crippen LogP contribution >= 0.6 is 15.9 Å². The summed E-state index contributed by atoms with van der Waals surface area (Å²) in [6.45, 7) is 5.32. The molecule has 0 fully saturated rings. The molecule has 2 heterocycles. The number of anilines is 1. The molecule has 4 aromatic rings. The molecular formula is C22H20BrN3O2. The zero-order valence-corrected chi connectivity index (χ0v) is 17.2. The van der Waals surface area contributed by atoms with Crippen LogP contribution in [0.1, 0.15) is 24.3 Å². The molecule has 0 saturated carbocycles. The molecule has 2 aromatic carbocycles. The molecule has 0 aliphatic carbocycles. The number of aromatic nitrogens is 2. The highest BCUT2D eigenvalue weighted by molar-refractivity contribution is 9.10. The summed E-state index contributed by atoms with van der Waals surface area (Å²) in [5.41, 5.74) is 1.77. The first-order chi connectivity index (χ1) is 13.4. The third-order valence-corrected chi connectivity index (χ3v) is 5.14. The first-order valence-electron chi connectivity index (χ1n) is 9.13. The fourth-order valence-corrected chi connectivity index (χ4v) is 3.74. The number of fused-ring (bicyclic) bond motifs is 2. The SMILES string of the molecule is CC(C)Cn1ccc2cc(NC(=O)c3cc4ccc(Br)cc4c(=O)[nH]3)ccc21. The van der Waals surface area contributed by atoms with E-state index >= 15 is 0 Å². The van der Waals surface area contributed by atoms with Crippen LogP contribution in [0.4, 0.5) is 5.69 Å². The second-order valence-electron chi connectivity index (χ2n) is 7.33. The Bertz CT molecular complexity index is 1250. The maximum atomic E-state index is 12.7.